The summed E-state index contributed by atoms with van der Waals surface area (Å²) in [6.45, 7) is 1.08. The molecule has 0 saturated heterocycles. The summed E-state index contributed by atoms with van der Waals surface area (Å²) in [7, 11) is 0. The van der Waals surface area contributed by atoms with Gasteiger partial charge in [-0.05, 0) is 24.0 Å². The molecule has 0 spiro atoms. The maximum atomic E-state index is 9.00. The molecule has 0 bridgehead atoms. The van der Waals surface area contributed by atoms with Crippen LogP contribution in [0, 0.1) is 0 Å². The second kappa shape index (κ2) is 8.07. The van der Waals surface area contributed by atoms with Gasteiger partial charge in [-0.25, -0.2) is 0 Å². The molecule has 0 saturated carbocycles. The van der Waals surface area contributed by atoms with Gasteiger partial charge in [0.1, 0.15) is 0 Å². The number of aliphatic carboxylic acids is 1. The van der Waals surface area contributed by atoms with Crippen LogP contribution in [0.5, 0.6) is 0 Å². The Morgan fingerprint density at radius 1 is 0.833 bits per heavy atom. The summed E-state index contributed by atoms with van der Waals surface area (Å²) in [5.74, 6) is -0.833. The molecule has 2 nitrogen and oxygen atoms in total. The molecule has 0 fully saturated rings. The highest BCUT2D eigenvalue weighted by Crippen LogP contribution is 2.06. The highest BCUT2D eigenvalue weighted by Gasteiger charge is 1.93. The number of carboxylic acid groups (broad SMARTS) is 1. The predicted molar refractivity (Wildman–Crippen MR) is 73.6 cm³/mol. The first kappa shape index (κ1) is 14.0. The van der Waals surface area contributed by atoms with Gasteiger partial charge in [-0.3, -0.25) is 4.79 Å². The molecule has 0 aromatic heterocycles. The number of hydrogen-bond donors (Lipinski definition) is 1. The van der Waals surface area contributed by atoms with Crippen LogP contribution < -0.4 is 0 Å². The summed E-state index contributed by atoms with van der Waals surface area (Å²) in [5.41, 5.74) is 2.83. The molecule has 0 aliphatic carbocycles. The van der Waals surface area contributed by atoms with Crippen LogP contribution in [0.3, 0.4) is 0 Å². The van der Waals surface area contributed by atoms with Crippen LogP contribution in [-0.4, -0.2) is 11.1 Å². The lowest BCUT2D eigenvalue weighted by molar-refractivity contribution is -0.134. The van der Waals surface area contributed by atoms with E-state index in [9.17, 15) is 0 Å². The molecule has 0 heterocycles. The van der Waals surface area contributed by atoms with Crippen molar-refractivity contribution in [3.05, 3.63) is 71.8 Å². The average Bonchev–Trinajstić information content (AvgIpc) is 2.38. The molecule has 0 unspecified atom stereocenters. The summed E-state index contributed by atoms with van der Waals surface area (Å²) < 4.78 is 0. The maximum Gasteiger partial charge on any atom is 0.300 e. The summed E-state index contributed by atoms with van der Waals surface area (Å²) in [6.07, 6.45) is 2.26. The summed E-state index contributed by atoms with van der Waals surface area (Å²) >= 11 is 0. The van der Waals surface area contributed by atoms with Gasteiger partial charge < -0.3 is 5.11 Å². The molecule has 2 aromatic carbocycles. The average molecular weight is 242 g/mol. The fraction of sp³-hybridized carbons (Fsp3) is 0.188. The Bertz CT molecular complexity index is 406. The predicted octanol–water partition coefficient (Wildman–Crippen LogP) is 3.56. The minimum absolute atomic E-state index is 0.833. The van der Waals surface area contributed by atoms with Crippen LogP contribution in [-0.2, 0) is 17.6 Å². The monoisotopic (exact) mass is 242 g/mol. The normalized spacial score (nSPS) is 9.17. The zero-order valence-corrected chi connectivity index (χ0v) is 10.5. The van der Waals surface area contributed by atoms with Crippen LogP contribution in [0.25, 0.3) is 0 Å². The lowest BCUT2D eigenvalue weighted by atomic mass is 10.0. The molecule has 2 aromatic rings. The summed E-state index contributed by atoms with van der Waals surface area (Å²) in [6, 6.07) is 21.2. The molecule has 2 rings (SSSR count). The SMILES string of the molecule is CC(=O)O.c1ccc(CCc2ccccc2)cc1. The molecule has 0 aliphatic rings. The second-order valence-corrected chi connectivity index (χ2v) is 3.99. The first-order chi connectivity index (χ1) is 8.68. The Morgan fingerprint density at radius 2 is 1.11 bits per heavy atom. The van der Waals surface area contributed by atoms with Gasteiger partial charge in [0.25, 0.3) is 5.97 Å². The number of aryl methyl sites for hydroxylation is 2. The fourth-order valence-corrected chi connectivity index (χ4v) is 1.58. The van der Waals surface area contributed by atoms with Crippen LogP contribution in [0.2, 0.25) is 0 Å². The molecule has 1 N–H and O–H groups in total. The summed E-state index contributed by atoms with van der Waals surface area (Å²) in [5, 5.41) is 7.42. The van der Waals surface area contributed by atoms with Crippen molar-refractivity contribution in [2.75, 3.05) is 0 Å². The van der Waals surface area contributed by atoms with Crippen molar-refractivity contribution in [3.8, 4) is 0 Å². The third-order valence-electron chi connectivity index (χ3n) is 2.39. The van der Waals surface area contributed by atoms with Gasteiger partial charge in [-0.1, -0.05) is 60.7 Å². The first-order valence-electron chi connectivity index (χ1n) is 5.96. The van der Waals surface area contributed by atoms with Crippen molar-refractivity contribution in [1.29, 1.82) is 0 Å². The van der Waals surface area contributed by atoms with Crippen LogP contribution in [0.1, 0.15) is 18.1 Å². The Hall–Kier alpha value is -2.09. The molecule has 0 aliphatic heterocycles. The number of rotatable bonds is 3. The van der Waals surface area contributed by atoms with Crippen LogP contribution >= 0.6 is 0 Å². The highest BCUT2D eigenvalue weighted by atomic mass is 16.4. The van der Waals surface area contributed by atoms with Crippen LogP contribution in [0.4, 0.5) is 0 Å². The second-order valence-electron chi connectivity index (χ2n) is 3.99. The van der Waals surface area contributed by atoms with E-state index in [0.717, 1.165) is 19.8 Å². The topological polar surface area (TPSA) is 37.3 Å². The third kappa shape index (κ3) is 6.48. The van der Waals surface area contributed by atoms with E-state index in [2.05, 4.69) is 60.7 Å². The Kier molecular flexibility index (Phi) is 6.26. The molecular weight excluding hydrogens is 224 g/mol. The van der Waals surface area contributed by atoms with E-state index in [0.29, 0.717) is 0 Å². The van der Waals surface area contributed by atoms with E-state index < -0.39 is 5.97 Å². The molecule has 0 atom stereocenters. The van der Waals surface area contributed by atoms with E-state index in [-0.39, 0.29) is 0 Å². The van der Waals surface area contributed by atoms with Gasteiger partial charge >= 0.3 is 0 Å². The van der Waals surface area contributed by atoms with Crippen molar-refractivity contribution in [2.24, 2.45) is 0 Å². The Morgan fingerprint density at radius 3 is 1.39 bits per heavy atom. The Labute approximate surface area is 108 Å². The third-order valence-corrected chi connectivity index (χ3v) is 2.39. The van der Waals surface area contributed by atoms with Gasteiger partial charge in [0.15, 0.2) is 0 Å². The van der Waals surface area contributed by atoms with Crippen molar-refractivity contribution in [1.82, 2.24) is 0 Å². The number of carbonyl (C=O) groups is 1. The molecule has 0 radical (unpaired) electrons. The van der Waals surface area contributed by atoms with Gasteiger partial charge in [0.05, 0.1) is 0 Å². The molecule has 2 heteroatoms. The zero-order valence-electron chi connectivity index (χ0n) is 10.5. The minimum atomic E-state index is -0.833. The van der Waals surface area contributed by atoms with Crippen LogP contribution in [0.15, 0.2) is 60.7 Å². The van der Waals surface area contributed by atoms with E-state index in [1.807, 2.05) is 0 Å². The molecule has 18 heavy (non-hydrogen) atoms. The van der Waals surface area contributed by atoms with Crippen molar-refractivity contribution in [3.63, 3.8) is 0 Å². The van der Waals surface area contributed by atoms with Crippen molar-refractivity contribution in [2.45, 2.75) is 19.8 Å². The molecule has 0 amide bonds. The zero-order chi connectivity index (χ0) is 13.2. The van der Waals surface area contributed by atoms with E-state index in [4.69, 9.17) is 9.90 Å². The molecular formula is C16H18O2. The number of hydrogen-bond acceptors (Lipinski definition) is 1. The van der Waals surface area contributed by atoms with E-state index >= 15 is 0 Å². The van der Waals surface area contributed by atoms with Gasteiger partial charge in [0, 0.05) is 6.92 Å². The number of benzene rings is 2. The largest absolute Gasteiger partial charge is 0.481 e. The Balaban J connectivity index is 0.000000357. The number of carboxylic acids is 1. The quantitative estimate of drug-likeness (QED) is 0.893. The standard InChI is InChI=1S/C14H14.C2H4O2/c1-3-7-13(8-4-1)11-12-14-9-5-2-6-10-14;1-2(3)4/h1-10H,11-12H2;1H3,(H,3,4). The molecule has 94 valence electrons. The van der Waals surface area contributed by atoms with Crippen molar-refractivity contribution < 1.29 is 9.90 Å². The first-order valence-corrected chi connectivity index (χ1v) is 5.96. The lowest BCUT2D eigenvalue weighted by Gasteiger charge is -2.01. The summed E-state index contributed by atoms with van der Waals surface area (Å²) in [4.78, 5) is 9.00. The minimum Gasteiger partial charge on any atom is -0.481 e. The van der Waals surface area contributed by atoms with Crippen molar-refractivity contribution >= 4 is 5.97 Å². The van der Waals surface area contributed by atoms with Gasteiger partial charge in [-0.2, -0.15) is 0 Å². The lowest BCUT2D eigenvalue weighted by Crippen LogP contribution is -1.89. The van der Waals surface area contributed by atoms with E-state index in [1.165, 1.54) is 11.1 Å². The van der Waals surface area contributed by atoms with Gasteiger partial charge in [-0.15, -0.1) is 0 Å². The highest BCUT2D eigenvalue weighted by molar-refractivity contribution is 5.62. The van der Waals surface area contributed by atoms with E-state index in [1.54, 1.807) is 0 Å². The maximum absolute atomic E-state index is 9.00. The van der Waals surface area contributed by atoms with Gasteiger partial charge in [0.2, 0.25) is 0 Å². The smallest absolute Gasteiger partial charge is 0.300 e. The fourth-order valence-electron chi connectivity index (χ4n) is 1.58.